The molecule has 0 spiro atoms. The van der Waals surface area contributed by atoms with E-state index >= 15 is 0 Å². The lowest BCUT2D eigenvalue weighted by atomic mass is 9.93. The molecule has 3 aromatic rings. The first kappa shape index (κ1) is 19.4. The number of ether oxygens (including phenoxy) is 2. The second-order valence-corrected chi connectivity index (χ2v) is 6.34. The number of hydrogen-bond donors (Lipinski definition) is 2. The van der Waals surface area contributed by atoms with Crippen LogP contribution in [0, 0.1) is 0 Å². The van der Waals surface area contributed by atoms with Gasteiger partial charge < -0.3 is 20.5 Å². The molecule has 0 unspecified atom stereocenters. The number of carbonyl (C=O) groups is 2. The van der Waals surface area contributed by atoms with Crippen molar-refractivity contribution in [3.8, 4) is 11.1 Å². The molecule has 28 heavy (non-hydrogen) atoms. The van der Waals surface area contributed by atoms with Crippen LogP contribution < -0.4 is 11.1 Å². The third-order valence-corrected chi connectivity index (χ3v) is 4.49. The smallest absolute Gasteiger partial charge is 0.330 e. The summed E-state index contributed by atoms with van der Waals surface area (Å²) in [5, 5.41) is 4.75. The van der Waals surface area contributed by atoms with Gasteiger partial charge in [-0.1, -0.05) is 42.5 Å². The molecule has 0 aliphatic rings. The molecule has 6 nitrogen and oxygen atoms in total. The highest BCUT2D eigenvalue weighted by molar-refractivity contribution is 6.07. The van der Waals surface area contributed by atoms with Gasteiger partial charge in [0.1, 0.15) is 0 Å². The Morgan fingerprint density at radius 2 is 1.75 bits per heavy atom. The van der Waals surface area contributed by atoms with E-state index in [9.17, 15) is 9.59 Å². The predicted octanol–water partition coefficient (Wildman–Crippen LogP) is 3.01. The standard InChI is InChI=1S/C22H22N2O4/c1-27-13-20(22(26)28-2)24-21(25)18-11-10-15(23)12-19(18)17-9-5-7-14-6-3-4-8-16(14)17/h3-12,20H,13,23H2,1-2H3,(H,24,25)/t20-/m1/s1. The van der Waals surface area contributed by atoms with Gasteiger partial charge in [0.25, 0.3) is 5.91 Å². The maximum absolute atomic E-state index is 13.0. The van der Waals surface area contributed by atoms with Gasteiger partial charge in [-0.2, -0.15) is 0 Å². The van der Waals surface area contributed by atoms with Crippen LogP contribution in [0.25, 0.3) is 21.9 Å². The van der Waals surface area contributed by atoms with Gasteiger partial charge in [-0.25, -0.2) is 4.79 Å². The first-order valence-corrected chi connectivity index (χ1v) is 8.80. The van der Waals surface area contributed by atoms with Crippen LogP contribution >= 0.6 is 0 Å². The monoisotopic (exact) mass is 378 g/mol. The summed E-state index contributed by atoms with van der Waals surface area (Å²) in [6, 6.07) is 18.0. The molecule has 0 saturated carbocycles. The Morgan fingerprint density at radius 3 is 2.50 bits per heavy atom. The van der Waals surface area contributed by atoms with E-state index in [-0.39, 0.29) is 6.61 Å². The minimum atomic E-state index is -0.902. The van der Waals surface area contributed by atoms with Crippen molar-refractivity contribution in [1.82, 2.24) is 5.32 Å². The number of nitrogens with one attached hydrogen (secondary N) is 1. The Balaban J connectivity index is 2.06. The SMILES string of the molecule is COC[C@@H](NC(=O)c1ccc(N)cc1-c1cccc2ccccc12)C(=O)OC. The topological polar surface area (TPSA) is 90.6 Å². The predicted molar refractivity (Wildman–Crippen MR) is 109 cm³/mol. The van der Waals surface area contributed by atoms with Crippen molar-refractivity contribution in [2.24, 2.45) is 0 Å². The maximum Gasteiger partial charge on any atom is 0.330 e. The lowest BCUT2D eigenvalue weighted by Crippen LogP contribution is -2.44. The van der Waals surface area contributed by atoms with Gasteiger partial charge in [-0.05, 0) is 40.1 Å². The Hall–Kier alpha value is -3.38. The largest absolute Gasteiger partial charge is 0.467 e. The van der Waals surface area contributed by atoms with Crippen LogP contribution in [-0.2, 0) is 14.3 Å². The van der Waals surface area contributed by atoms with Crippen molar-refractivity contribution in [2.75, 3.05) is 26.6 Å². The third kappa shape index (κ3) is 3.97. The zero-order valence-electron chi connectivity index (χ0n) is 15.8. The van der Waals surface area contributed by atoms with Gasteiger partial charge in [-0.3, -0.25) is 4.79 Å². The number of nitrogens with two attached hydrogens (primary N) is 1. The number of carbonyl (C=O) groups excluding carboxylic acids is 2. The summed E-state index contributed by atoms with van der Waals surface area (Å²) in [6.45, 7) is 0.0109. The van der Waals surface area contributed by atoms with E-state index in [1.165, 1.54) is 14.2 Å². The molecule has 0 bridgehead atoms. The van der Waals surface area contributed by atoms with Gasteiger partial charge in [0.15, 0.2) is 6.04 Å². The fraction of sp³-hybridized carbons (Fsp3) is 0.182. The van der Waals surface area contributed by atoms with Crippen LogP contribution in [0.15, 0.2) is 60.7 Å². The molecule has 0 fully saturated rings. The summed E-state index contributed by atoms with van der Waals surface area (Å²) in [4.78, 5) is 24.9. The molecule has 1 atom stereocenters. The minimum absolute atomic E-state index is 0.0109. The lowest BCUT2D eigenvalue weighted by molar-refractivity contribution is -0.144. The van der Waals surface area contributed by atoms with E-state index in [1.54, 1.807) is 18.2 Å². The molecule has 0 heterocycles. The van der Waals surface area contributed by atoms with E-state index in [4.69, 9.17) is 15.2 Å². The van der Waals surface area contributed by atoms with E-state index in [0.29, 0.717) is 16.8 Å². The van der Waals surface area contributed by atoms with Gasteiger partial charge in [0.2, 0.25) is 0 Å². The van der Waals surface area contributed by atoms with Crippen LogP contribution in [0.5, 0.6) is 0 Å². The molecule has 6 heteroatoms. The summed E-state index contributed by atoms with van der Waals surface area (Å²) in [5.74, 6) is -0.979. The zero-order valence-corrected chi connectivity index (χ0v) is 15.8. The Kier molecular flexibility index (Phi) is 5.91. The van der Waals surface area contributed by atoms with Crippen LogP contribution in [0.4, 0.5) is 5.69 Å². The van der Waals surface area contributed by atoms with Gasteiger partial charge in [-0.15, -0.1) is 0 Å². The molecule has 144 valence electrons. The van der Waals surface area contributed by atoms with Gasteiger partial charge in [0, 0.05) is 18.4 Å². The second kappa shape index (κ2) is 8.54. The average molecular weight is 378 g/mol. The first-order valence-electron chi connectivity index (χ1n) is 8.80. The summed E-state index contributed by atoms with van der Waals surface area (Å²) in [6.07, 6.45) is 0. The highest BCUT2D eigenvalue weighted by Crippen LogP contribution is 2.32. The highest BCUT2D eigenvalue weighted by atomic mass is 16.5. The molecular formula is C22H22N2O4. The Labute approximate surface area is 163 Å². The molecule has 1 amide bonds. The second-order valence-electron chi connectivity index (χ2n) is 6.34. The van der Waals surface area contributed by atoms with Crippen molar-refractivity contribution >= 4 is 28.3 Å². The number of amides is 1. The summed E-state index contributed by atoms with van der Waals surface area (Å²) in [7, 11) is 2.72. The molecule has 0 aromatic heterocycles. The molecule has 0 saturated heterocycles. The van der Waals surface area contributed by atoms with E-state index in [1.807, 2.05) is 42.5 Å². The van der Waals surface area contributed by atoms with Crippen molar-refractivity contribution in [3.63, 3.8) is 0 Å². The van der Waals surface area contributed by atoms with Crippen molar-refractivity contribution < 1.29 is 19.1 Å². The number of hydrogen-bond acceptors (Lipinski definition) is 5. The van der Waals surface area contributed by atoms with Crippen LogP contribution in [0.1, 0.15) is 10.4 Å². The number of anilines is 1. The van der Waals surface area contributed by atoms with Crippen LogP contribution in [0.2, 0.25) is 0 Å². The highest BCUT2D eigenvalue weighted by Gasteiger charge is 2.24. The van der Waals surface area contributed by atoms with Crippen LogP contribution in [0.3, 0.4) is 0 Å². The number of esters is 1. The maximum atomic E-state index is 13.0. The third-order valence-electron chi connectivity index (χ3n) is 4.49. The molecule has 3 aromatic carbocycles. The molecule has 3 N–H and O–H groups in total. The van der Waals surface area contributed by atoms with Crippen LogP contribution in [-0.4, -0.2) is 38.7 Å². The fourth-order valence-electron chi connectivity index (χ4n) is 3.16. The Bertz CT molecular complexity index is 1010. The molecular weight excluding hydrogens is 356 g/mol. The number of nitrogen functional groups attached to an aromatic ring is 1. The molecule has 3 rings (SSSR count). The number of rotatable bonds is 6. The van der Waals surface area contributed by atoms with Gasteiger partial charge >= 0.3 is 5.97 Å². The average Bonchev–Trinajstić information content (AvgIpc) is 2.72. The summed E-state index contributed by atoms with van der Waals surface area (Å²) < 4.78 is 9.76. The molecule has 0 radical (unpaired) electrons. The molecule has 0 aliphatic heterocycles. The Morgan fingerprint density at radius 1 is 1.00 bits per heavy atom. The van der Waals surface area contributed by atoms with Crippen molar-refractivity contribution in [1.29, 1.82) is 0 Å². The quantitative estimate of drug-likeness (QED) is 0.508. The number of benzene rings is 3. The minimum Gasteiger partial charge on any atom is -0.467 e. The van der Waals surface area contributed by atoms with Crippen molar-refractivity contribution in [3.05, 3.63) is 66.2 Å². The molecule has 0 aliphatic carbocycles. The zero-order chi connectivity index (χ0) is 20.1. The normalized spacial score (nSPS) is 11.8. The van der Waals surface area contributed by atoms with Gasteiger partial charge in [0.05, 0.1) is 13.7 Å². The van der Waals surface area contributed by atoms with Crippen molar-refractivity contribution in [2.45, 2.75) is 6.04 Å². The summed E-state index contributed by atoms with van der Waals surface area (Å²) >= 11 is 0. The van der Waals surface area contributed by atoms with E-state index in [0.717, 1.165) is 16.3 Å². The number of methoxy groups -OCH3 is 2. The van der Waals surface area contributed by atoms with E-state index < -0.39 is 17.9 Å². The summed E-state index contributed by atoms with van der Waals surface area (Å²) in [5.41, 5.74) is 8.53. The van der Waals surface area contributed by atoms with E-state index in [2.05, 4.69) is 5.32 Å². The first-order chi connectivity index (χ1) is 13.5. The lowest BCUT2D eigenvalue weighted by Gasteiger charge is -2.18. The fourth-order valence-corrected chi connectivity index (χ4v) is 3.16. The number of fused-ring (bicyclic) bond motifs is 1.